The molecule has 0 bridgehead atoms. The average molecular weight is 287 g/mol. The minimum absolute atomic E-state index is 0.00316. The SMILES string of the molecule is COc1ccc2c(c1)C(CN1CCC(O)=C(C(=O)O)C1)=C2. The monoisotopic (exact) mass is 287 g/mol. The average Bonchev–Trinajstić information content (AvgIpc) is 2.46. The van der Waals surface area contributed by atoms with Gasteiger partial charge >= 0.3 is 5.97 Å². The molecule has 1 aromatic rings. The van der Waals surface area contributed by atoms with Gasteiger partial charge in [0.25, 0.3) is 0 Å². The summed E-state index contributed by atoms with van der Waals surface area (Å²) in [5, 5.41) is 18.7. The standard InChI is InChI=1S/C16H17NO4/c1-21-12-3-2-10-6-11(13(10)7-12)8-17-5-4-15(18)14(9-17)16(19)20/h2-3,6-7,18H,4-5,8-9H2,1H3,(H,19,20). The predicted octanol–water partition coefficient (Wildman–Crippen LogP) is 2.15. The Bertz CT molecular complexity index is 660. The second-order valence-corrected chi connectivity index (χ2v) is 5.31. The number of carbonyl (C=O) groups is 1. The van der Waals surface area contributed by atoms with E-state index >= 15 is 0 Å². The molecule has 1 heterocycles. The fourth-order valence-corrected chi connectivity index (χ4v) is 2.76. The van der Waals surface area contributed by atoms with Gasteiger partial charge in [-0.3, -0.25) is 4.90 Å². The van der Waals surface area contributed by atoms with Crippen LogP contribution in [0.3, 0.4) is 0 Å². The molecule has 1 aliphatic heterocycles. The third kappa shape index (κ3) is 2.52. The molecule has 110 valence electrons. The molecule has 1 aromatic carbocycles. The molecule has 0 unspecified atom stereocenters. The maximum absolute atomic E-state index is 11.1. The highest BCUT2D eigenvalue weighted by molar-refractivity contribution is 5.96. The Labute approximate surface area is 122 Å². The van der Waals surface area contributed by atoms with Crippen LogP contribution in [0.1, 0.15) is 17.5 Å². The molecule has 0 saturated heterocycles. The zero-order chi connectivity index (χ0) is 15.0. The molecule has 0 atom stereocenters. The first kappa shape index (κ1) is 13.7. The number of carboxylic acid groups (broad SMARTS) is 1. The van der Waals surface area contributed by atoms with Crippen molar-refractivity contribution in [2.75, 3.05) is 26.7 Å². The maximum Gasteiger partial charge on any atom is 0.336 e. The van der Waals surface area contributed by atoms with Crippen LogP contribution in [0.15, 0.2) is 29.5 Å². The number of hydrogen-bond donors (Lipinski definition) is 2. The number of methoxy groups -OCH3 is 1. The third-order valence-electron chi connectivity index (χ3n) is 3.98. The van der Waals surface area contributed by atoms with Crippen molar-refractivity contribution in [1.29, 1.82) is 0 Å². The summed E-state index contributed by atoms with van der Waals surface area (Å²) in [5.74, 6) is -0.216. The van der Waals surface area contributed by atoms with E-state index in [0.717, 1.165) is 11.3 Å². The van der Waals surface area contributed by atoms with Gasteiger partial charge < -0.3 is 14.9 Å². The van der Waals surface area contributed by atoms with Crippen molar-refractivity contribution in [3.8, 4) is 5.75 Å². The number of aliphatic hydroxyl groups is 1. The van der Waals surface area contributed by atoms with Gasteiger partial charge in [0, 0.05) is 26.1 Å². The number of fused-ring (bicyclic) bond motifs is 1. The number of hydrogen-bond acceptors (Lipinski definition) is 4. The van der Waals surface area contributed by atoms with Crippen LogP contribution >= 0.6 is 0 Å². The molecule has 2 aliphatic rings. The molecular formula is C16H17NO4. The van der Waals surface area contributed by atoms with Crippen molar-refractivity contribution in [2.24, 2.45) is 0 Å². The van der Waals surface area contributed by atoms with Gasteiger partial charge in [-0.05, 0) is 34.9 Å². The van der Waals surface area contributed by atoms with E-state index in [2.05, 4.69) is 6.08 Å². The molecule has 5 nitrogen and oxygen atoms in total. The van der Waals surface area contributed by atoms with E-state index in [0.29, 0.717) is 19.5 Å². The molecular weight excluding hydrogens is 270 g/mol. The van der Waals surface area contributed by atoms with E-state index in [4.69, 9.17) is 9.84 Å². The Morgan fingerprint density at radius 3 is 2.95 bits per heavy atom. The zero-order valence-electron chi connectivity index (χ0n) is 11.8. The van der Waals surface area contributed by atoms with Crippen LogP contribution in [0.4, 0.5) is 0 Å². The van der Waals surface area contributed by atoms with E-state index in [-0.39, 0.29) is 17.9 Å². The van der Waals surface area contributed by atoms with E-state index in [1.807, 2.05) is 23.1 Å². The number of aliphatic carboxylic acids is 1. The van der Waals surface area contributed by atoms with E-state index in [9.17, 15) is 9.90 Å². The highest BCUT2D eigenvalue weighted by atomic mass is 16.5. The molecule has 0 radical (unpaired) electrons. The summed E-state index contributed by atoms with van der Waals surface area (Å²) in [6.45, 7) is 1.63. The summed E-state index contributed by atoms with van der Waals surface area (Å²) >= 11 is 0. The summed E-state index contributed by atoms with van der Waals surface area (Å²) in [6, 6.07) is 5.94. The molecule has 5 heteroatoms. The molecule has 3 rings (SSSR count). The second kappa shape index (κ2) is 5.26. The van der Waals surface area contributed by atoms with Crippen LogP contribution in [-0.4, -0.2) is 47.8 Å². The van der Waals surface area contributed by atoms with Gasteiger partial charge in [0.15, 0.2) is 0 Å². The zero-order valence-corrected chi connectivity index (χ0v) is 11.8. The van der Waals surface area contributed by atoms with E-state index in [1.54, 1.807) is 7.11 Å². The second-order valence-electron chi connectivity index (χ2n) is 5.31. The number of benzene rings is 1. The summed E-state index contributed by atoms with van der Waals surface area (Å²) in [4.78, 5) is 13.1. The molecule has 0 spiro atoms. The first-order valence-corrected chi connectivity index (χ1v) is 6.84. The minimum atomic E-state index is -1.04. The number of ether oxygens (including phenoxy) is 1. The quantitative estimate of drug-likeness (QED) is 0.888. The van der Waals surface area contributed by atoms with Gasteiger partial charge in [0.05, 0.1) is 12.7 Å². The molecule has 1 aliphatic carbocycles. The normalized spacial score (nSPS) is 17.9. The van der Waals surface area contributed by atoms with Crippen molar-refractivity contribution in [2.45, 2.75) is 6.42 Å². The third-order valence-corrected chi connectivity index (χ3v) is 3.98. The smallest absolute Gasteiger partial charge is 0.336 e. The Morgan fingerprint density at radius 1 is 1.43 bits per heavy atom. The summed E-state index contributed by atoms with van der Waals surface area (Å²) in [7, 11) is 1.64. The lowest BCUT2D eigenvalue weighted by atomic mass is 9.87. The van der Waals surface area contributed by atoms with Crippen molar-refractivity contribution in [3.05, 3.63) is 40.7 Å². The molecule has 21 heavy (non-hydrogen) atoms. The van der Waals surface area contributed by atoms with Crippen LogP contribution in [0.5, 0.6) is 5.75 Å². The van der Waals surface area contributed by atoms with Crippen molar-refractivity contribution in [1.82, 2.24) is 4.90 Å². The van der Waals surface area contributed by atoms with Crippen molar-refractivity contribution >= 4 is 17.6 Å². The summed E-state index contributed by atoms with van der Waals surface area (Å²) in [5.41, 5.74) is 3.62. The van der Waals surface area contributed by atoms with Crippen LogP contribution in [0.2, 0.25) is 0 Å². The van der Waals surface area contributed by atoms with Crippen LogP contribution in [0.25, 0.3) is 11.6 Å². The molecule has 0 amide bonds. The molecule has 0 saturated carbocycles. The van der Waals surface area contributed by atoms with Crippen molar-refractivity contribution in [3.63, 3.8) is 0 Å². The number of aliphatic hydroxyl groups excluding tert-OH is 1. The number of rotatable bonds is 4. The lowest BCUT2D eigenvalue weighted by Crippen LogP contribution is -2.35. The Morgan fingerprint density at radius 2 is 2.24 bits per heavy atom. The summed E-state index contributed by atoms with van der Waals surface area (Å²) in [6.07, 6.45) is 2.49. The highest BCUT2D eigenvalue weighted by Gasteiger charge is 2.26. The summed E-state index contributed by atoms with van der Waals surface area (Å²) < 4.78 is 5.23. The first-order chi connectivity index (χ1) is 10.1. The fourth-order valence-electron chi connectivity index (χ4n) is 2.76. The topological polar surface area (TPSA) is 70.0 Å². The molecule has 0 fully saturated rings. The molecule has 2 N–H and O–H groups in total. The van der Waals surface area contributed by atoms with E-state index < -0.39 is 5.97 Å². The largest absolute Gasteiger partial charge is 0.512 e. The molecule has 0 aromatic heterocycles. The van der Waals surface area contributed by atoms with Gasteiger partial charge in [-0.25, -0.2) is 4.79 Å². The Hall–Kier alpha value is -2.27. The lowest BCUT2D eigenvalue weighted by Gasteiger charge is -2.31. The first-order valence-electron chi connectivity index (χ1n) is 6.84. The van der Waals surface area contributed by atoms with E-state index in [1.165, 1.54) is 11.1 Å². The highest BCUT2D eigenvalue weighted by Crippen LogP contribution is 2.36. The van der Waals surface area contributed by atoms with Crippen molar-refractivity contribution < 1.29 is 19.7 Å². The fraction of sp³-hybridized carbons (Fsp3) is 0.312. The Balaban J connectivity index is 1.70. The maximum atomic E-state index is 11.1. The van der Waals surface area contributed by atoms with Crippen LogP contribution in [0, 0.1) is 0 Å². The lowest BCUT2D eigenvalue weighted by molar-refractivity contribution is -0.133. The van der Waals surface area contributed by atoms with Gasteiger partial charge in [-0.15, -0.1) is 0 Å². The van der Waals surface area contributed by atoms with Gasteiger partial charge in [-0.1, -0.05) is 6.07 Å². The predicted molar refractivity (Wildman–Crippen MR) is 79.2 cm³/mol. The minimum Gasteiger partial charge on any atom is -0.512 e. The van der Waals surface area contributed by atoms with Crippen LogP contribution in [-0.2, 0) is 4.79 Å². The van der Waals surface area contributed by atoms with Crippen LogP contribution < -0.4 is 4.74 Å². The van der Waals surface area contributed by atoms with Gasteiger partial charge in [-0.2, -0.15) is 0 Å². The van der Waals surface area contributed by atoms with Gasteiger partial charge in [0.2, 0.25) is 0 Å². The Kier molecular flexibility index (Phi) is 3.43. The number of carboxylic acids is 1. The van der Waals surface area contributed by atoms with Gasteiger partial charge in [0.1, 0.15) is 11.5 Å². The number of nitrogens with zero attached hydrogens (tertiary/aromatic N) is 1.